The maximum Gasteiger partial charge on any atom is 0.408 e. The van der Waals surface area contributed by atoms with E-state index in [-0.39, 0.29) is 12.4 Å². The van der Waals surface area contributed by atoms with Gasteiger partial charge >= 0.3 is 12.1 Å². The number of carbonyl (C=O) groups excluding carboxylic acids is 1. The Labute approximate surface area is 144 Å². The van der Waals surface area contributed by atoms with Crippen molar-refractivity contribution in [2.24, 2.45) is 7.05 Å². The molecule has 128 valence electrons. The van der Waals surface area contributed by atoms with Gasteiger partial charge < -0.3 is 19.7 Å². The van der Waals surface area contributed by atoms with Gasteiger partial charge in [0.1, 0.15) is 12.6 Å². The van der Waals surface area contributed by atoms with Gasteiger partial charge in [-0.25, -0.2) is 14.6 Å². The van der Waals surface area contributed by atoms with E-state index < -0.39 is 18.1 Å². The van der Waals surface area contributed by atoms with Crippen LogP contribution >= 0.6 is 11.8 Å². The van der Waals surface area contributed by atoms with Gasteiger partial charge in [-0.3, -0.25) is 0 Å². The third-order valence-corrected chi connectivity index (χ3v) is 4.32. The van der Waals surface area contributed by atoms with E-state index in [0.29, 0.717) is 5.75 Å². The summed E-state index contributed by atoms with van der Waals surface area (Å²) < 4.78 is 6.91. The van der Waals surface area contributed by atoms with Crippen LogP contribution in [-0.2, 0) is 28.9 Å². The highest BCUT2D eigenvalue weighted by Crippen LogP contribution is 2.12. The van der Waals surface area contributed by atoms with Gasteiger partial charge in [0.25, 0.3) is 0 Å². The van der Waals surface area contributed by atoms with Gasteiger partial charge in [0.2, 0.25) is 0 Å². The molecule has 1 unspecified atom stereocenters. The van der Waals surface area contributed by atoms with Gasteiger partial charge in [0, 0.05) is 30.4 Å². The van der Waals surface area contributed by atoms with E-state index >= 15 is 0 Å². The molecular formula is C16H19N3O4S. The number of thioether (sulfide) groups is 1. The second-order valence-electron chi connectivity index (χ2n) is 5.11. The summed E-state index contributed by atoms with van der Waals surface area (Å²) in [5, 5.41) is 11.6. The van der Waals surface area contributed by atoms with E-state index in [1.807, 2.05) is 41.9 Å². The molecule has 0 aliphatic heterocycles. The molecule has 0 aliphatic rings. The zero-order valence-corrected chi connectivity index (χ0v) is 14.0. The van der Waals surface area contributed by atoms with Crippen molar-refractivity contribution in [3.63, 3.8) is 0 Å². The molecule has 2 rings (SSSR count). The second kappa shape index (κ2) is 8.97. The van der Waals surface area contributed by atoms with Gasteiger partial charge in [0.05, 0.1) is 6.33 Å². The summed E-state index contributed by atoms with van der Waals surface area (Å²) in [6.07, 6.45) is 2.67. The molecule has 8 heteroatoms. The Bertz CT molecular complexity index is 675. The number of nitrogens with one attached hydrogen (secondary N) is 1. The Morgan fingerprint density at radius 1 is 1.38 bits per heavy atom. The van der Waals surface area contributed by atoms with Crippen molar-refractivity contribution in [3.8, 4) is 0 Å². The van der Waals surface area contributed by atoms with E-state index in [9.17, 15) is 14.7 Å². The molecule has 7 nitrogen and oxygen atoms in total. The molecule has 0 saturated heterocycles. The number of benzene rings is 1. The van der Waals surface area contributed by atoms with Crippen LogP contribution in [0.3, 0.4) is 0 Å². The highest BCUT2D eigenvalue weighted by atomic mass is 32.2. The predicted octanol–water partition coefficient (Wildman–Crippen LogP) is 2.03. The molecule has 0 aliphatic carbocycles. The number of amides is 1. The number of hydrogen-bond acceptors (Lipinski definition) is 5. The molecule has 2 N–H and O–H groups in total. The van der Waals surface area contributed by atoms with Crippen LogP contribution in [0.1, 0.15) is 11.3 Å². The van der Waals surface area contributed by atoms with Crippen LogP contribution in [0.5, 0.6) is 0 Å². The highest BCUT2D eigenvalue weighted by molar-refractivity contribution is 7.98. The van der Waals surface area contributed by atoms with Crippen molar-refractivity contribution < 1.29 is 19.4 Å². The number of aryl methyl sites for hydroxylation is 1. The summed E-state index contributed by atoms with van der Waals surface area (Å²) in [4.78, 5) is 27.0. The maximum atomic E-state index is 11.8. The number of carboxylic acids is 1. The zero-order chi connectivity index (χ0) is 17.4. The molecule has 2 aromatic rings. The maximum absolute atomic E-state index is 11.8. The minimum absolute atomic E-state index is 0.0984. The summed E-state index contributed by atoms with van der Waals surface area (Å²) in [5.41, 5.74) is 1.82. The first-order valence-corrected chi connectivity index (χ1v) is 8.44. The van der Waals surface area contributed by atoms with Crippen LogP contribution in [-0.4, -0.2) is 38.5 Å². The van der Waals surface area contributed by atoms with Crippen molar-refractivity contribution >= 4 is 23.8 Å². The number of hydrogen-bond donors (Lipinski definition) is 2. The normalized spacial score (nSPS) is 11.7. The standard InChI is InChI=1S/C16H19N3O4S/c1-19-11-17-7-13(19)9-24-10-14(15(20)21)18-16(22)23-8-12-5-3-2-4-6-12/h2-7,11,14H,8-10H2,1H3,(H,18,22)(H,20,21). The number of aromatic nitrogens is 2. The topological polar surface area (TPSA) is 93.5 Å². The first kappa shape index (κ1) is 17.9. The highest BCUT2D eigenvalue weighted by Gasteiger charge is 2.20. The summed E-state index contributed by atoms with van der Waals surface area (Å²) in [5.74, 6) is -0.244. The molecule has 0 fully saturated rings. The van der Waals surface area contributed by atoms with Crippen molar-refractivity contribution in [1.29, 1.82) is 0 Å². The fourth-order valence-corrected chi connectivity index (χ4v) is 2.95. The Balaban J connectivity index is 1.76. The van der Waals surface area contributed by atoms with Gasteiger partial charge in [0.15, 0.2) is 0 Å². The molecule has 0 saturated carbocycles. The van der Waals surface area contributed by atoms with Gasteiger partial charge in [-0.1, -0.05) is 30.3 Å². The molecule has 1 amide bonds. The van der Waals surface area contributed by atoms with Crippen LogP contribution in [0.25, 0.3) is 0 Å². The molecule has 0 radical (unpaired) electrons. The number of rotatable bonds is 8. The van der Waals surface area contributed by atoms with Crippen molar-refractivity contribution in [1.82, 2.24) is 14.9 Å². The number of carboxylic acid groups (broad SMARTS) is 1. The molecule has 0 spiro atoms. The van der Waals surface area contributed by atoms with Gasteiger partial charge in [-0.15, -0.1) is 0 Å². The molecule has 0 bridgehead atoms. The van der Waals surface area contributed by atoms with Crippen LogP contribution in [0.4, 0.5) is 4.79 Å². The quantitative estimate of drug-likeness (QED) is 0.757. The van der Waals surface area contributed by atoms with Crippen molar-refractivity contribution in [2.45, 2.75) is 18.4 Å². The lowest BCUT2D eigenvalue weighted by Crippen LogP contribution is -2.42. The Morgan fingerprint density at radius 3 is 2.75 bits per heavy atom. The summed E-state index contributed by atoms with van der Waals surface area (Å²) in [7, 11) is 1.87. The van der Waals surface area contributed by atoms with Crippen molar-refractivity contribution in [2.75, 3.05) is 5.75 Å². The van der Waals surface area contributed by atoms with E-state index in [4.69, 9.17) is 4.74 Å². The largest absolute Gasteiger partial charge is 0.480 e. The van der Waals surface area contributed by atoms with E-state index in [1.54, 1.807) is 12.5 Å². The minimum Gasteiger partial charge on any atom is -0.480 e. The lowest BCUT2D eigenvalue weighted by molar-refractivity contribution is -0.138. The zero-order valence-electron chi connectivity index (χ0n) is 13.2. The van der Waals surface area contributed by atoms with Gasteiger partial charge in [-0.2, -0.15) is 11.8 Å². The van der Waals surface area contributed by atoms with Crippen LogP contribution in [0.15, 0.2) is 42.9 Å². The monoisotopic (exact) mass is 349 g/mol. The molecule has 1 aromatic heterocycles. The Kier molecular flexibility index (Phi) is 6.68. The number of ether oxygens (including phenoxy) is 1. The van der Waals surface area contributed by atoms with Crippen molar-refractivity contribution in [3.05, 3.63) is 54.1 Å². The lowest BCUT2D eigenvalue weighted by Gasteiger charge is -2.14. The van der Waals surface area contributed by atoms with Crippen LogP contribution in [0, 0.1) is 0 Å². The number of aliphatic carboxylic acids is 1. The number of nitrogens with zero attached hydrogens (tertiary/aromatic N) is 2. The van der Waals surface area contributed by atoms with E-state index in [2.05, 4.69) is 10.3 Å². The fraction of sp³-hybridized carbons (Fsp3) is 0.312. The van der Waals surface area contributed by atoms with E-state index in [0.717, 1.165) is 11.3 Å². The summed E-state index contributed by atoms with van der Waals surface area (Å²) in [6, 6.07) is 8.18. The number of alkyl carbamates (subject to hydrolysis) is 1. The number of imidazole rings is 1. The lowest BCUT2D eigenvalue weighted by atomic mass is 10.2. The van der Waals surface area contributed by atoms with Crippen LogP contribution in [0.2, 0.25) is 0 Å². The third kappa shape index (κ3) is 5.62. The Morgan fingerprint density at radius 2 is 2.12 bits per heavy atom. The minimum atomic E-state index is -1.09. The molecular weight excluding hydrogens is 330 g/mol. The molecule has 24 heavy (non-hydrogen) atoms. The first-order chi connectivity index (χ1) is 11.6. The predicted molar refractivity (Wildman–Crippen MR) is 90.6 cm³/mol. The molecule has 1 heterocycles. The third-order valence-electron chi connectivity index (χ3n) is 3.25. The summed E-state index contributed by atoms with van der Waals surface area (Å²) in [6.45, 7) is 0.0984. The first-order valence-electron chi connectivity index (χ1n) is 7.29. The number of carbonyl (C=O) groups is 2. The SMILES string of the molecule is Cn1cncc1CSCC(NC(=O)OCc1ccccc1)C(=O)O. The van der Waals surface area contributed by atoms with E-state index in [1.165, 1.54) is 11.8 Å². The average molecular weight is 349 g/mol. The molecule has 1 atom stereocenters. The smallest absolute Gasteiger partial charge is 0.408 e. The Hall–Kier alpha value is -2.48. The van der Waals surface area contributed by atoms with Gasteiger partial charge in [-0.05, 0) is 5.56 Å². The second-order valence-corrected chi connectivity index (χ2v) is 6.14. The average Bonchev–Trinajstić information content (AvgIpc) is 2.98. The van der Waals surface area contributed by atoms with Crippen LogP contribution < -0.4 is 5.32 Å². The summed E-state index contributed by atoms with van der Waals surface area (Å²) >= 11 is 1.41. The fourth-order valence-electron chi connectivity index (χ4n) is 1.89. The molecule has 1 aromatic carbocycles.